The fraction of sp³-hybridized carbons (Fsp3) is 0.231. The van der Waals surface area contributed by atoms with Crippen LogP contribution in [0.3, 0.4) is 0 Å². The van der Waals surface area contributed by atoms with Gasteiger partial charge in [0.2, 0.25) is 0 Å². The molecular formula is C13H12O2. The summed E-state index contributed by atoms with van der Waals surface area (Å²) < 4.78 is 10.9. The van der Waals surface area contributed by atoms with E-state index in [4.69, 9.17) is 9.47 Å². The molecule has 0 unspecified atom stereocenters. The minimum atomic E-state index is 0.797. The van der Waals surface area contributed by atoms with Crippen LogP contribution in [-0.2, 0) is 6.42 Å². The maximum absolute atomic E-state index is 5.66. The zero-order chi connectivity index (χ0) is 10.3. The van der Waals surface area contributed by atoms with E-state index in [1.807, 2.05) is 12.1 Å². The molecule has 1 heterocycles. The summed E-state index contributed by atoms with van der Waals surface area (Å²) in [4.78, 5) is 0. The number of hydrogen-bond acceptors (Lipinski definition) is 2. The van der Waals surface area contributed by atoms with Crippen LogP contribution in [0.2, 0.25) is 0 Å². The van der Waals surface area contributed by atoms with Crippen LogP contribution < -0.4 is 9.47 Å². The molecular weight excluding hydrogens is 188 g/mol. The van der Waals surface area contributed by atoms with Crippen LogP contribution in [0.1, 0.15) is 5.56 Å². The van der Waals surface area contributed by atoms with E-state index in [0.29, 0.717) is 0 Å². The molecule has 0 aromatic heterocycles. The number of methoxy groups -OCH3 is 1. The lowest BCUT2D eigenvalue weighted by atomic mass is 10.0. The summed E-state index contributed by atoms with van der Waals surface area (Å²) in [5.74, 6) is 1.91. The van der Waals surface area contributed by atoms with Crippen molar-refractivity contribution in [2.75, 3.05) is 13.7 Å². The zero-order valence-corrected chi connectivity index (χ0v) is 8.62. The second kappa shape index (κ2) is 3.16. The Morgan fingerprint density at radius 2 is 2.07 bits per heavy atom. The second-order valence-corrected chi connectivity index (χ2v) is 3.74. The average molecular weight is 200 g/mol. The van der Waals surface area contributed by atoms with Gasteiger partial charge in [-0.2, -0.15) is 0 Å². The van der Waals surface area contributed by atoms with Gasteiger partial charge < -0.3 is 9.47 Å². The summed E-state index contributed by atoms with van der Waals surface area (Å²) in [5.41, 5.74) is 1.30. The average Bonchev–Trinajstić information content (AvgIpc) is 2.76. The molecule has 2 nitrogen and oxygen atoms in total. The van der Waals surface area contributed by atoms with E-state index in [1.54, 1.807) is 7.11 Å². The summed E-state index contributed by atoms with van der Waals surface area (Å²) in [5, 5.41) is 2.36. The Hall–Kier alpha value is -1.70. The summed E-state index contributed by atoms with van der Waals surface area (Å²) >= 11 is 0. The quantitative estimate of drug-likeness (QED) is 0.704. The van der Waals surface area contributed by atoms with E-state index in [9.17, 15) is 0 Å². The van der Waals surface area contributed by atoms with Gasteiger partial charge in [0.15, 0.2) is 0 Å². The Labute approximate surface area is 88.4 Å². The van der Waals surface area contributed by atoms with Crippen LogP contribution in [0.4, 0.5) is 0 Å². The van der Waals surface area contributed by atoms with E-state index in [-0.39, 0.29) is 0 Å². The molecule has 2 aromatic rings. The lowest BCUT2D eigenvalue weighted by Gasteiger charge is -2.06. The van der Waals surface area contributed by atoms with Crippen molar-refractivity contribution in [3.8, 4) is 11.5 Å². The minimum absolute atomic E-state index is 0.797. The molecule has 0 aliphatic carbocycles. The monoisotopic (exact) mass is 200 g/mol. The Bertz CT molecular complexity index is 517. The first-order valence-corrected chi connectivity index (χ1v) is 5.11. The minimum Gasteiger partial charge on any atom is -0.497 e. The molecule has 0 saturated heterocycles. The van der Waals surface area contributed by atoms with Crippen molar-refractivity contribution in [1.29, 1.82) is 0 Å². The predicted molar refractivity (Wildman–Crippen MR) is 59.7 cm³/mol. The van der Waals surface area contributed by atoms with Crippen molar-refractivity contribution in [3.05, 3.63) is 35.9 Å². The molecule has 0 N–H and O–H groups in total. The predicted octanol–water partition coefficient (Wildman–Crippen LogP) is 2.78. The Balaban J connectivity index is 2.32. The molecule has 0 radical (unpaired) electrons. The molecule has 0 bridgehead atoms. The maximum atomic E-state index is 5.66. The molecule has 0 atom stereocenters. The first-order valence-electron chi connectivity index (χ1n) is 5.11. The van der Waals surface area contributed by atoms with Gasteiger partial charge >= 0.3 is 0 Å². The Morgan fingerprint density at radius 1 is 1.20 bits per heavy atom. The molecule has 2 aromatic carbocycles. The maximum Gasteiger partial charge on any atom is 0.130 e. The van der Waals surface area contributed by atoms with E-state index >= 15 is 0 Å². The third kappa shape index (κ3) is 1.25. The van der Waals surface area contributed by atoms with Gasteiger partial charge in [0.05, 0.1) is 13.7 Å². The third-order valence-electron chi connectivity index (χ3n) is 2.88. The van der Waals surface area contributed by atoms with Crippen LogP contribution in [0.5, 0.6) is 11.5 Å². The van der Waals surface area contributed by atoms with Gasteiger partial charge in [-0.25, -0.2) is 0 Å². The smallest absolute Gasteiger partial charge is 0.130 e. The highest BCUT2D eigenvalue weighted by Gasteiger charge is 2.15. The lowest BCUT2D eigenvalue weighted by molar-refractivity contribution is 0.360. The van der Waals surface area contributed by atoms with Gasteiger partial charge in [0.25, 0.3) is 0 Å². The fourth-order valence-corrected chi connectivity index (χ4v) is 2.07. The number of rotatable bonds is 1. The van der Waals surface area contributed by atoms with Crippen molar-refractivity contribution in [2.45, 2.75) is 6.42 Å². The van der Waals surface area contributed by atoms with Crippen molar-refractivity contribution in [1.82, 2.24) is 0 Å². The number of fused-ring (bicyclic) bond motifs is 3. The fourth-order valence-electron chi connectivity index (χ4n) is 2.07. The van der Waals surface area contributed by atoms with Crippen LogP contribution in [0.15, 0.2) is 30.3 Å². The molecule has 76 valence electrons. The van der Waals surface area contributed by atoms with E-state index in [2.05, 4.69) is 18.2 Å². The third-order valence-corrected chi connectivity index (χ3v) is 2.88. The van der Waals surface area contributed by atoms with Crippen molar-refractivity contribution in [3.63, 3.8) is 0 Å². The van der Waals surface area contributed by atoms with Gasteiger partial charge in [-0.05, 0) is 23.1 Å². The number of ether oxygens (including phenoxy) is 2. The number of hydrogen-bond donors (Lipinski definition) is 0. The molecule has 0 saturated carbocycles. The Kier molecular flexibility index (Phi) is 1.81. The molecule has 3 rings (SSSR count). The molecule has 15 heavy (non-hydrogen) atoms. The van der Waals surface area contributed by atoms with Gasteiger partial charge in [-0.15, -0.1) is 0 Å². The first kappa shape index (κ1) is 8.60. The lowest BCUT2D eigenvalue weighted by Crippen LogP contribution is -1.87. The SMILES string of the molecule is COc1ccc2ccc3c(c2c1)OCC3. The standard InChI is InChI=1S/C13H12O2/c1-14-11-5-4-9-2-3-10-6-7-15-13(10)12(9)8-11/h2-5,8H,6-7H2,1H3. The molecule has 0 amide bonds. The van der Waals surface area contributed by atoms with Gasteiger partial charge in [-0.1, -0.05) is 18.2 Å². The zero-order valence-electron chi connectivity index (χ0n) is 8.62. The largest absolute Gasteiger partial charge is 0.497 e. The van der Waals surface area contributed by atoms with E-state index in [1.165, 1.54) is 10.9 Å². The molecule has 1 aliphatic rings. The second-order valence-electron chi connectivity index (χ2n) is 3.74. The number of benzene rings is 2. The van der Waals surface area contributed by atoms with Crippen LogP contribution >= 0.6 is 0 Å². The summed E-state index contributed by atoms with van der Waals surface area (Å²) in [7, 11) is 1.69. The molecule has 2 heteroatoms. The molecule has 0 spiro atoms. The van der Waals surface area contributed by atoms with Crippen molar-refractivity contribution in [2.24, 2.45) is 0 Å². The van der Waals surface area contributed by atoms with E-state index < -0.39 is 0 Å². The highest BCUT2D eigenvalue weighted by Crippen LogP contribution is 2.35. The topological polar surface area (TPSA) is 18.5 Å². The first-order chi connectivity index (χ1) is 7.38. The molecule has 0 fully saturated rings. The van der Waals surface area contributed by atoms with Gasteiger partial charge in [0, 0.05) is 11.8 Å². The van der Waals surface area contributed by atoms with Crippen molar-refractivity contribution >= 4 is 10.8 Å². The van der Waals surface area contributed by atoms with Crippen LogP contribution in [0.25, 0.3) is 10.8 Å². The highest BCUT2D eigenvalue weighted by molar-refractivity contribution is 5.91. The Morgan fingerprint density at radius 3 is 2.93 bits per heavy atom. The van der Waals surface area contributed by atoms with Crippen LogP contribution in [-0.4, -0.2) is 13.7 Å². The normalized spacial score (nSPS) is 13.7. The van der Waals surface area contributed by atoms with Gasteiger partial charge in [0.1, 0.15) is 11.5 Å². The summed E-state index contributed by atoms with van der Waals surface area (Å²) in [6.45, 7) is 0.797. The van der Waals surface area contributed by atoms with E-state index in [0.717, 1.165) is 29.9 Å². The van der Waals surface area contributed by atoms with Gasteiger partial charge in [-0.3, -0.25) is 0 Å². The summed E-state index contributed by atoms with van der Waals surface area (Å²) in [6.07, 6.45) is 1.02. The highest BCUT2D eigenvalue weighted by atomic mass is 16.5. The van der Waals surface area contributed by atoms with Crippen molar-refractivity contribution < 1.29 is 9.47 Å². The van der Waals surface area contributed by atoms with Crippen LogP contribution in [0, 0.1) is 0 Å². The molecule has 1 aliphatic heterocycles. The summed E-state index contributed by atoms with van der Waals surface area (Å²) in [6, 6.07) is 10.4.